The molecule has 0 aromatic rings. The van der Waals surface area contributed by atoms with Crippen molar-refractivity contribution < 1.29 is 17.9 Å². The van der Waals surface area contributed by atoms with E-state index in [1.165, 1.54) is 25.7 Å². The van der Waals surface area contributed by atoms with E-state index in [4.69, 9.17) is 4.74 Å². The molecule has 1 N–H and O–H groups in total. The molecule has 0 amide bonds. The van der Waals surface area contributed by atoms with Crippen molar-refractivity contribution in [3.63, 3.8) is 0 Å². The molecule has 2 nitrogen and oxygen atoms in total. The van der Waals surface area contributed by atoms with Crippen LogP contribution in [0.1, 0.15) is 52.9 Å². The Morgan fingerprint density at radius 1 is 1.15 bits per heavy atom. The monoisotopic (exact) mass is 295 g/mol. The fraction of sp³-hybridized carbons (Fsp3) is 1.00. The average Bonchev–Trinajstić information content (AvgIpc) is 2.78. The second kappa shape index (κ2) is 7.64. The summed E-state index contributed by atoms with van der Waals surface area (Å²) in [4.78, 5) is 0. The zero-order valence-corrected chi connectivity index (χ0v) is 12.9. The van der Waals surface area contributed by atoms with Crippen LogP contribution in [0.5, 0.6) is 0 Å². The lowest BCUT2D eigenvalue weighted by Gasteiger charge is -2.29. The summed E-state index contributed by atoms with van der Waals surface area (Å²) in [5.41, 5.74) is 0.0453. The fourth-order valence-corrected chi connectivity index (χ4v) is 2.79. The first-order valence-corrected chi connectivity index (χ1v) is 7.57. The van der Waals surface area contributed by atoms with Crippen LogP contribution in [0, 0.1) is 11.8 Å². The van der Waals surface area contributed by atoms with Gasteiger partial charge in [-0.05, 0) is 45.6 Å². The molecule has 0 aliphatic heterocycles. The molecule has 0 aromatic carbocycles. The number of hydrogen-bond acceptors (Lipinski definition) is 2. The van der Waals surface area contributed by atoms with Gasteiger partial charge in [-0.3, -0.25) is 0 Å². The largest absolute Gasteiger partial charge is 0.411 e. The zero-order valence-electron chi connectivity index (χ0n) is 12.9. The third kappa shape index (κ3) is 8.10. The molecule has 120 valence electrons. The summed E-state index contributed by atoms with van der Waals surface area (Å²) < 4.78 is 40.9. The molecule has 1 unspecified atom stereocenters. The van der Waals surface area contributed by atoms with Crippen LogP contribution in [0.4, 0.5) is 13.2 Å². The van der Waals surface area contributed by atoms with Crippen LogP contribution < -0.4 is 5.32 Å². The average molecular weight is 295 g/mol. The summed E-state index contributed by atoms with van der Waals surface area (Å²) in [6.07, 6.45) is 1.40. The highest BCUT2D eigenvalue weighted by atomic mass is 19.4. The summed E-state index contributed by atoms with van der Waals surface area (Å²) >= 11 is 0. The maximum atomic E-state index is 12.0. The standard InChI is InChI=1S/C15H28F3NO/c1-14(2,3)19-10-13(12-6-4-5-7-12)8-9-20-11-15(16,17)18/h12-13,19H,4-11H2,1-3H3. The van der Waals surface area contributed by atoms with Crippen LogP contribution in [0.25, 0.3) is 0 Å². The first kappa shape index (κ1) is 17.8. The topological polar surface area (TPSA) is 21.3 Å². The van der Waals surface area contributed by atoms with Gasteiger partial charge in [0.1, 0.15) is 6.61 Å². The molecule has 1 saturated carbocycles. The summed E-state index contributed by atoms with van der Waals surface area (Å²) in [5, 5.41) is 3.48. The van der Waals surface area contributed by atoms with E-state index in [2.05, 4.69) is 26.1 Å². The molecule has 0 saturated heterocycles. The lowest BCUT2D eigenvalue weighted by atomic mass is 9.87. The first-order chi connectivity index (χ1) is 9.17. The van der Waals surface area contributed by atoms with E-state index < -0.39 is 12.8 Å². The Bertz CT molecular complexity index is 267. The van der Waals surface area contributed by atoms with Gasteiger partial charge in [-0.15, -0.1) is 0 Å². The SMILES string of the molecule is CC(C)(C)NCC(CCOCC(F)(F)F)C1CCCC1. The van der Waals surface area contributed by atoms with Gasteiger partial charge in [0.25, 0.3) is 0 Å². The van der Waals surface area contributed by atoms with Crippen LogP contribution in [0.3, 0.4) is 0 Å². The van der Waals surface area contributed by atoms with Crippen molar-refractivity contribution in [1.29, 1.82) is 0 Å². The van der Waals surface area contributed by atoms with E-state index in [0.717, 1.165) is 6.54 Å². The molecular weight excluding hydrogens is 267 g/mol. The summed E-state index contributed by atoms with van der Waals surface area (Å²) in [7, 11) is 0. The summed E-state index contributed by atoms with van der Waals surface area (Å²) in [6, 6.07) is 0. The minimum atomic E-state index is -4.22. The third-order valence-corrected chi connectivity index (χ3v) is 3.86. The minimum Gasteiger partial charge on any atom is -0.372 e. The van der Waals surface area contributed by atoms with E-state index in [-0.39, 0.29) is 12.1 Å². The van der Waals surface area contributed by atoms with Gasteiger partial charge in [0, 0.05) is 12.1 Å². The number of nitrogens with one attached hydrogen (secondary N) is 1. The van der Waals surface area contributed by atoms with Crippen molar-refractivity contribution in [1.82, 2.24) is 5.32 Å². The van der Waals surface area contributed by atoms with Gasteiger partial charge in [0.05, 0.1) is 0 Å². The van der Waals surface area contributed by atoms with Crippen molar-refractivity contribution in [3.8, 4) is 0 Å². The molecule has 0 bridgehead atoms. The van der Waals surface area contributed by atoms with Crippen LogP contribution in [0.2, 0.25) is 0 Å². The van der Waals surface area contributed by atoms with Crippen LogP contribution in [-0.2, 0) is 4.74 Å². The number of ether oxygens (including phenoxy) is 1. The highest BCUT2D eigenvalue weighted by Crippen LogP contribution is 2.33. The van der Waals surface area contributed by atoms with E-state index in [9.17, 15) is 13.2 Å². The van der Waals surface area contributed by atoms with Gasteiger partial charge in [-0.1, -0.05) is 25.7 Å². The number of rotatable bonds is 7. The second-order valence-electron chi connectivity index (χ2n) is 6.89. The third-order valence-electron chi connectivity index (χ3n) is 3.86. The number of hydrogen-bond donors (Lipinski definition) is 1. The molecular formula is C15H28F3NO. The molecule has 20 heavy (non-hydrogen) atoms. The van der Waals surface area contributed by atoms with E-state index in [1.807, 2.05) is 0 Å². The van der Waals surface area contributed by atoms with Crippen LogP contribution in [0.15, 0.2) is 0 Å². The molecule has 0 radical (unpaired) electrons. The Hall–Kier alpha value is -0.290. The normalized spacial score (nSPS) is 19.5. The maximum absolute atomic E-state index is 12.0. The Balaban J connectivity index is 2.34. The smallest absolute Gasteiger partial charge is 0.372 e. The zero-order chi connectivity index (χ0) is 15.2. The van der Waals surface area contributed by atoms with Crippen molar-refractivity contribution in [2.24, 2.45) is 11.8 Å². The van der Waals surface area contributed by atoms with Gasteiger partial charge in [-0.2, -0.15) is 13.2 Å². The summed E-state index contributed by atoms with van der Waals surface area (Å²) in [5.74, 6) is 1.06. The lowest BCUT2D eigenvalue weighted by molar-refractivity contribution is -0.174. The van der Waals surface area contributed by atoms with Crippen LogP contribution in [-0.4, -0.2) is 31.5 Å². The highest BCUT2D eigenvalue weighted by molar-refractivity contribution is 4.80. The quantitative estimate of drug-likeness (QED) is 0.712. The van der Waals surface area contributed by atoms with Crippen molar-refractivity contribution >= 4 is 0 Å². The summed E-state index contributed by atoms with van der Waals surface area (Å²) in [6.45, 7) is 6.27. The minimum absolute atomic E-state index is 0.0453. The maximum Gasteiger partial charge on any atom is 0.411 e. The van der Waals surface area contributed by atoms with Crippen molar-refractivity contribution in [2.45, 2.75) is 64.6 Å². The molecule has 1 aliphatic rings. The predicted molar refractivity (Wildman–Crippen MR) is 74.7 cm³/mol. The lowest BCUT2D eigenvalue weighted by Crippen LogP contribution is -2.40. The van der Waals surface area contributed by atoms with Gasteiger partial charge >= 0.3 is 6.18 Å². The molecule has 1 aliphatic carbocycles. The first-order valence-electron chi connectivity index (χ1n) is 7.57. The Morgan fingerprint density at radius 2 is 1.75 bits per heavy atom. The van der Waals surface area contributed by atoms with Crippen molar-refractivity contribution in [2.75, 3.05) is 19.8 Å². The van der Waals surface area contributed by atoms with E-state index >= 15 is 0 Å². The Morgan fingerprint density at radius 3 is 2.25 bits per heavy atom. The molecule has 1 atom stereocenters. The molecule has 5 heteroatoms. The van der Waals surface area contributed by atoms with Gasteiger partial charge in [0.15, 0.2) is 0 Å². The van der Waals surface area contributed by atoms with Gasteiger partial charge < -0.3 is 10.1 Å². The van der Waals surface area contributed by atoms with Crippen LogP contribution >= 0.6 is 0 Å². The predicted octanol–water partition coefficient (Wildman–Crippen LogP) is 4.15. The number of alkyl halides is 3. The van der Waals surface area contributed by atoms with E-state index in [0.29, 0.717) is 18.3 Å². The molecule has 1 rings (SSSR count). The second-order valence-corrected chi connectivity index (χ2v) is 6.89. The highest BCUT2D eigenvalue weighted by Gasteiger charge is 2.29. The molecule has 1 fully saturated rings. The Labute approximate surface area is 120 Å². The molecule has 0 heterocycles. The Kier molecular flexibility index (Phi) is 6.79. The van der Waals surface area contributed by atoms with Gasteiger partial charge in [-0.25, -0.2) is 0 Å². The molecule has 0 spiro atoms. The fourth-order valence-electron chi connectivity index (χ4n) is 2.79. The van der Waals surface area contributed by atoms with Gasteiger partial charge in [0.2, 0.25) is 0 Å². The number of halogens is 3. The van der Waals surface area contributed by atoms with E-state index in [1.54, 1.807) is 0 Å². The molecule has 0 aromatic heterocycles. The van der Waals surface area contributed by atoms with Crippen molar-refractivity contribution in [3.05, 3.63) is 0 Å².